The molecule has 0 amide bonds. The summed E-state index contributed by atoms with van der Waals surface area (Å²) in [4.78, 5) is 0. The molecule has 0 saturated heterocycles. The molecule has 0 saturated carbocycles. The van der Waals surface area contributed by atoms with E-state index in [1.807, 2.05) is 0 Å². The molecule has 3 nitrogen and oxygen atoms in total. The maximum absolute atomic E-state index is 9.95. The fourth-order valence-corrected chi connectivity index (χ4v) is 3.33. The lowest BCUT2D eigenvalue weighted by molar-refractivity contribution is 0.0310. The van der Waals surface area contributed by atoms with Crippen molar-refractivity contribution >= 4 is 0 Å². The summed E-state index contributed by atoms with van der Waals surface area (Å²) in [6, 6.07) is 0. The third-order valence-corrected chi connectivity index (χ3v) is 5.05. The third kappa shape index (κ3) is 20.0. The first kappa shape index (κ1) is 24.9. The Bertz CT molecular complexity index is 248. The summed E-state index contributed by atoms with van der Waals surface area (Å²) >= 11 is 0. The van der Waals surface area contributed by atoms with Crippen LogP contribution in [0.2, 0.25) is 0 Å². The molecular weight excluding hydrogens is 310 g/mol. The maximum Gasteiger partial charge on any atom is 0.106 e. The Kier molecular flexibility index (Phi) is 20.1. The molecule has 25 heavy (non-hydrogen) atoms. The van der Waals surface area contributed by atoms with Gasteiger partial charge in [-0.05, 0) is 25.7 Å². The van der Waals surface area contributed by atoms with Gasteiger partial charge in [-0.25, -0.2) is 0 Å². The molecule has 0 aromatic rings. The lowest BCUT2D eigenvalue weighted by atomic mass is 10.1. The molecule has 2 unspecified atom stereocenters. The smallest absolute Gasteiger partial charge is 0.106 e. The second-order valence-corrected chi connectivity index (χ2v) is 7.73. The van der Waals surface area contributed by atoms with E-state index >= 15 is 0 Å². The first-order valence-corrected chi connectivity index (χ1v) is 11.3. The summed E-state index contributed by atoms with van der Waals surface area (Å²) in [6.45, 7) is 4.49. The molecule has 0 heterocycles. The highest BCUT2D eigenvalue weighted by Crippen LogP contribution is 2.12. The van der Waals surface area contributed by atoms with Crippen LogP contribution in [0.3, 0.4) is 0 Å². The monoisotopic (exact) mass is 357 g/mol. The summed E-state index contributed by atoms with van der Waals surface area (Å²) in [6.07, 6.45) is 20.9. The van der Waals surface area contributed by atoms with E-state index in [0.717, 1.165) is 25.7 Å². The molecule has 3 N–H and O–H groups in total. The Morgan fingerprint density at radius 3 is 1.08 bits per heavy atom. The molecule has 0 aliphatic heterocycles. The average Bonchev–Trinajstić information content (AvgIpc) is 2.59. The van der Waals surface area contributed by atoms with Gasteiger partial charge in [0.2, 0.25) is 0 Å². The number of hydrogen-bond acceptors (Lipinski definition) is 3. The Labute approximate surface area is 158 Å². The van der Waals surface area contributed by atoms with Crippen molar-refractivity contribution in [2.75, 3.05) is 0 Å². The van der Waals surface area contributed by atoms with Gasteiger partial charge in [-0.15, -0.1) is 0 Å². The minimum absolute atomic E-state index is 0.552. The van der Waals surface area contributed by atoms with E-state index in [0.29, 0.717) is 0 Å². The summed E-state index contributed by atoms with van der Waals surface area (Å²) in [5.41, 5.74) is 0. The van der Waals surface area contributed by atoms with Crippen LogP contribution in [-0.4, -0.2) is 22.7 Å². The molecule has 152 valence electrons. The molecule has 0 radical (unpaired) electrons. The molecule has 3 heteroatoms. The first-order chi connectivity index (χ1) is 12.2. The highest BCUT2D eigenvalue weighted by atomic mass is 16.3. The third-order valence-electron chi connectivity index (χ3n) is 5.05. The lowest BCUT2D eigenvalue weighted by Crippen LogP contribution is -2.38. The Morgan fingerprint density at radius 2 is 0.760 bits per heavy atom. The normalized spacial score (nSPS) is 13.9. The van der Waals surface area contributed by atoms with Crippen LogP contribution >= 0.6 is 0 Å². The minimum atomic E-state index is -0.552. The number of aliphatic hydroxyl groups excluding tert-OH is 2. The van der Waals surface area contributed by atoms with Crippen LogP contribution in [0.4, 0.5) is 0 Å². The van der Waals surface area contributed by atoms with Crippen LogP contribution < -0.4 is 5.32 Å². The van der Waals surface area contributed by atoms with Gasteiger partial charge in [-0.1, -0.05) is 104 Å². The lowest BCUT2D eigenvalue weighted by Gasteiger charge is -2.18. The van der Waals surface area contributed by atoms with Crippen molar-refractivity contribution in [3.63, 3.8) is 0 Å². The van der Waals surface area contributed by atoms with Crippen LogP contribution in [0.5, 0.6) is 0 Å². The number of unbranched alkanes of at least 4 members (excludes halogenated alkanes) is 14. The predicted molar refractivity (Wildman–Crippen MR) is 110 cm³/mol. The number of aliphatic hydroxyl groups is 2. The second-order valence-electron chi connectivity index (χ2n) is 7.73. The number of nitrogens with one attached hydrogen (secondary N) is 1. The molecule has 0 rings (SSSR count). The Morgan fingerprint density at radius 1 is 0.480 bits per heavy atom. The van der Waals surface area contributed by atoms with E-state index in [-0.39, 0.29) is 0 Å². The quantitative estimate of drug-likeness (QED) is 0.178. The molecule has 0 aromatic carbocycles. The molecule has 0 aromatic heterocycles. The zero-order chi connectivity index (χ0) is 18.6. The summed E-state index contributed by atoms with van der Waals surface area (Å²) in [7, 11) is 0. The van der Waals surface area contributed by atoms with Crippen molar-refractivity contribution in [3.8, 4) is 0 Å². The molecule has 0 bridgehead atoms. The molecule has 0 aliphatic rings. The van der Waals surface area contributed by atoms with Crippen molar-refractivity contribution in [1.29, 1.82) is 0 Å². The van der Waals surface area contributed by atoms with Crippen molar-refractivity contribution in [3.05, 3.63) is 0 Å². The standard InChI is InChI=1S/C22H47NO2/c1-3-5-7-9-11-12-14-16-18-20-22(25)23-21(24)19-17-15-13-10-8-6-4-2/h21-25H,3-20H2,1-2H3. The Balaban J connectivity index is 3.31. The summed E-state index contributed by atoms with van der Waals surface area (Å²) < 4.78 is 0. The van der Waals surface area contributed by atoms with Crippen LogP contribution in [0.25, 0.3) is 0 Å². The summed E-state index contributed by atoms with van der Waals surface area (Å²) in [5.74, 6) is 0. The fourth-order valence-electron chi connectivity index (χ4n) is 3.33. The van der Waals surface area contributed by atoms with Gasteiger partial charge in [0.15, 0.2) is 0 Å². The van der Waals surface area contributed by atoms with E-state index in [1.165, 1.54) is 89.9 Å². The van der Waals surface area contributed by atoms with Crippen molar-refractivity contribution in [1.82, 2.24) is 5.32 Å². The highest BCUT2D eigenvalue weighted by Gasteiger charge is 2.09. The van der Waals surface area contributed by atoms with Gasteiger partial charge in [0, 0.05) is 0 Å². The zero-order valence-corrected chi connectivity index (χ0v) is 17.3. The topological polar surface area (TPSA) is 52.5 Å². The molecule has 2 atom stereocenters. The van der Waals surface area contributed by atoms with E-state index in [1.54, 1.807) is 0 Å². The Hall–Kier alpha value is -0.120. The zero-order valence-electron chi connectivity index (χ0n) is 17.3. The minimum Gasteiger partial charge on any atom is -0.379 e. The van der Waals surface area contributed by atoms with Gasteiger partial charge in [-0.2, -0.15) is 0 Å². The number of hydrogen-bond donors (Lipinski definition) is 3. The molecule has 0 aliphatic carbocycles. The molecule has 0 fully saturated rings. The van der Waals surface area contributed by atoms with Gasteiger partial charge >= 0.3 is 0 Å². The van der Waals surface area contributed by atoms with Crippen LogP contribution in [-0.2, 0) is 0 Å². The van der Waals surface area contributed by atoms with Gasteiger partial charge in [0.25, 0.3) is 0 Å². The van der Waals surface area contributed by atoms with Crippen molar-refractivity contribution in [2.24, 2.45) is 0 Å². The van der Waals surface area contributed by atoms with E-state index in [2.05, 4.69) is 19.2 Å². The molecular formula is C22H47NO2. The average molecular weight is 358 g/mol. The van der Waals surface area contributed by atoms with Crippen LogP contribution in [0, 0.1) is 0 Å². The van der Waals surface area contributed by atoms with Gasteiger partial charge in [0.05, 0.1) is 0 Å². The SMILES string of the molecule is CCCCCCCCCCCC(O)NC(O)CCCCCCCCC. The predicted octanol–water partition coefficient (Wildman–Crippen LogP) is 6.27. The van der Waals surface area contributed by atoms with Gasteiger partial charge in [0.1, 0.15) is 12.5 Å². The van der Waals surface area contributed by atoms with E-state index < -0.39 is 12.5 Å². The van der Waals surface area contributed by atoms with Crippen molar-refractivity contribution in [2.45, 2.75) is 142 Å². The highest BCUT2D eigenvalue weighted by molar-refractivity contribution is 4.59. The summed E-state index contributed by atoms with van der Waals surface area (Å²) in [5, 5.41) is 22.8. The molecule has 0 spiro atoms. The fraction of sp³-hybridized carbons (Fsp3) is 1.00. The van der Waals surface area contributed by atoms with E-state index in [4.69, 9.17) is 0 Å². The first-order valence-electron chi connectivity index (χ1n) is 11.3. The maximum atomic E-state index is 9.95. The van der Waals surface area contributed by atoms with Gasteiger partial charge < -0.3 is 10.2 Å². The van der Waals surface area contributed by atoms with E-state index in [9.17, 15) is 10.2 Å². The van der Waals surface area contributed by atoms with Crippen LogP contribution in [0.15, 0.2) is 0 Å². The number of rotatable bonds is 20. The van der Waals surface area contributed by atoms with Crippen molar-refractivity contribution < 1.29 is 10.2 Å². The van der Waals surface area contributed by atoms with Crippen LogP contribution in [0.1, 0.15) is 129 Å². The van der Waals surface area contributed by atoms with Gasteiger partial charge in [-0.3, -0.25) is 5.32 Å². The second kappa shape index (κ2) is 20.2. The largest absolute Gasteiger partial charge is 0.379 e.